The zero-order chi connectivity index (χ0) is 18.1. The van der Waals surface area contributed by atoms with Gasteiger partial charge in [-0.05, 0) is 43.4 Å². The fraction of sp³-hybridized carbons (Fsp3) is 0.579. The van der Waals surface area contributed by atoms with Gasteiger partial charge in [0.25, 0.3) is 5.91 Å². The molecule has 0 spiro atoms. The Kier molecular flexibility index (Phi) is 7.73. The molecule has 0 radical (unpaired) electrons. The van der Waals surface area contributed by atoms with Gasteiger partial charge in [0.05, 0.1) is 6.61 Å². The lowest BCUT2D eigenvalue weighted by Gasteiger charge is -2.32. The van der Waals surface area contributed by atoms with Gasteiger partial charge in [0.1, 0.15) is 5.75 Å². The van der Waals surface area contributed by atoms with Crippen LogP contribution in [0.4, 0.5) is 0 Å². The Balaban J connectivity index is 1.91. The van der Waals surface area contributed by atoms with Gasteiger partial charge in [0.15, 0.2) is 0 Å². The first-order valence-corrected chi connectivity index (χ1v) is 8.83. The minimum atomic E-state index is -0.776. The number of likely N-dealkylation sites (tertiary alicyclic amines) is 1. The van der Waals surface area contributed by atoms with Crippen molar-refractivity contribution < 1.29 is 24.2 Å². The van der Waals surface area contributed by atoms with Gasteiger partial charge in [-0.1, -0.05) is 6.07 Å². The third-order valence-corrected chi connectivity index (χ3v) is 4.42. The van der Waals surface area contributed by atoms with E-state index in [1.807, 2.05) is 17.0 Å². The molecule has 0 saturated carbocycles. The summed E-state index contributed by atoms with van der Waals surface area (Å²) < 4.78 is 10.6. The van der Waals surface area contributed by atoms with Gasteiger partial charge >= 0.3 is 5.97 Å². The molecular weight excluding hydrogens is 322 g/mol. The van der Waals surface area contributed by atoms with E-state index in [1.165, 1.54) is 0 Å². The van der Waals surface area contributed by atoms with Crippen LogP contribution in [0.2, 0.25) is 0 Å². The Labute approximate surface area is 148 Å². The maximum atomic E-state index is 12.7. The molecule has 0 aliphatic carbocycles. The molecule has 1 aliphatic rings. The number of aliphatic carboxylic acids is 1. The van der Waals surface area contributed by atoms with E-state index in [2.05, 4.69) is 0 Å². The van der Waals surface area contributed by atoms with Gasteiger partial charge in [-0.25, -0.2) is 0 Å². The standard InChI is InChI=1S/C19H27NO5/c1-24-11-4-12-25-17-7-2-6-16(13-17)19(23)20-10-3-5-15(14-20)8-9-18(21)22/h2,6-7,13,15H,3-5,8-12,14H2,1H3,(H,21,22). The second-order valence-corrected chi connectivity index (χ2v) is 6.41. The van der Waals surface area contributed by atoms with Gasteiger partial charge < -0.3 is 19.5 Å². The van der Waals surface area contributed by atoms with Crippen molar-refractivity contribution in [3.05, 3.63) is 29.8 Å². The van der Waals surface area contributed by atoms with Crippen LogP contribution in [0.1, 0.15) is 42.5 Å². The van der Waals surface area contributed by atoms with Crippen molar-refractivity contribution in [3.8, 4) is 5.75 Å². The van der Waals surface area contributed by atoms with Gasteiger partial charge in [-0.3, -0.25) is 9.59 Å². The highest BCUT2D eigenvalue weighted by Crippen LogP contribution is 2.23. The van der Waals surface area contributed by atoms with E-state index in [1.54, 1.807) is 19.2 Å². The Hall–Kier alpha value is -2.08. The number of carbonyl (C=O) groups is 2. The molecule has 2 rings (SSSR count). The van der Waals surface area contributed by atoms with Crippen molar-refractivity contribution in [3.63, 3.8) is 0 Å². The minimum absolute atomic E-state index is 0.0117. The molecule has 6 nitrogen and oxygen atoms in total. The Morgan fingerprint density at radius 3 is 2.92 bits per heavy atom. The SMILES string of the molecule is COCCCOc1cccc(C(=O)N2CCCC(CCC(=O)O)C2)c1. The minimum Gasteiger partial charge on any atom is -0.493 e. The van der Waals surface area contributed by atoms with Gasteiger partial charge in [-0.15, -0.1) is 0 Å². The fourth-order valence-electron chi connectivity index (χ4n) is 3.11. The number of benzene rings is 1. The predicted octanol–water partition coefficient (Wildman–Crippen LogP) is 2.82. The number of carboxylic acid groups (broad SMARTS) is 1. The van der Waals surface area contributed by atoms with Crippen LogP contribution in [0.15, 0.2) is 24.3 Å². The van der Waals surface area contributed by atoms with E-state index in [0.29, 0.717) is 37.5 Å². The number of carboxylic acids is 1. The summed E-state index contributed by atoms with van der Waals surface area (Å²) in [7, 11) is 1.65. The second-order valence-electron chi connectivity index (χ2n) is 6.41. The number of nitrogens with zero attached hydrogens (tertiary/aromatic N) is 1. The molecule has 1 saturated heterocycles. The maximum Gasteiger partial charge on any atom is 0.303 e. The van der Waals surface area contributed by atoms with Gasteiger partial charge in [0, 0.05) is 45.2 Å². The summed E-state index contributed by atoms with van der Waals surface area (Å²) >= 11 is 0. The van der Waals surface area contributed by atoms with Crippen LogP contribution in [-0.2, 0) is 9.53 Å². The number of piperidine rings is 1. The maximum absolute atomic E-state index is 12.7. The van der Waals surface area contributed by atoms with Crippen LogP contribution in [0.3, 0.4) is 0 Å². The Morgan fingerprint density at radius 1 is 1.32 bits per heavy atom. The first-order valence-electron chi connectivity index (χ1n) is 8.83. The predicted molar refractivity (Wildman–Crippen MR) is 93.9 cm³/mol. The van der Waals surface area contributed by atoms with E-state index >= 15 is 0 Å². The number of rotatable bonds is 9. The number of amides is 1. The molecule has 25 heavy (non-hydrogen) atoms. The zero-order valence-electron chi connectivity index (χ0n) is 14.8. The molecular formula is C19H27NO5. The van der Waals surface area contributed by atoms with Gasteiger partial charge in [-0.2, -0.15) is 0 Å². The van der Waals surface area contributed by atoms with Crippen molar-refractivity contribution in [1.82, 2.24) is 4.90 Å². The van der Waals surface area contributed by atoms with Crippen molar-refractivity contribution in [2.24, 2.45) is 5.92 Å². The first kappa shape index (κ1) is 19.2. The molecule has 138 valence electrons. The van der Waals surface area contributed by atoms with E-state index in [4.69, 9.17) is 14.6 Å². The lowest BCUT2D eigenvalue weighted by Crippen LogP contribution is -2.40. The topological polar surface area (TPSA) is 76.1 Å². The molecule has 1 unspecified atom stereocenters. The summed E-state index contributed by atoms with van der Waals surface area (Å²) in [6.07, 6.45) is 3.49. The third kappa shape index (κ3) is 6.38. The van der Waals surface area contributed by atoms with Crippen LogP contribution < -0.4 is 4.74 Å². The molecule has 1 heterocycles. The van der Waals surface area contributed by atoms with Crippen molar-refractivity contribution in [2.75, 3.05) is 33.4 Å². The number of methoxy groups -OCH3 is 1. The van der Waals surface area contributed by atoms with E-state index in [0.717, 1.165) is 25.8 Å². The summed E-state index contributed by atoms with van der Waals surface area (Å²) in [6, 6.07) is 7.24. The van der Waals surface area contributed by atoms with Crippen LogP contribution in [0, 0.1) is 5.92 Å². The molecule has 1 amide bonds. The van der Waals surface area contributed by atoms with Crippen molar-refractivity contribution in [1.29, 1.82) is 0 Å². The van der Waals surface area contributed by atoms with Gasteiger partial charge in [0.2, 0.25) is 0 Å². The molecule has 1 fully saturated rings. The highest BCUT2D eigenvalue weighted by atomic mass is 16.5. The molecule has 1 atom stereocenters. The molecule has 6 heteroatoms. The zero-order valence-corrected chi connectivity index (χ0v) is 14.8. The van der Waals surface area contributed by atoms with Crippen LogP contribution in [-0.4, -0.2) is 55.3 Å². The molecule has 1 N–H and O–H groups in total. The van der Waals surface area contributed by atoms with E-state index < -0.39 is 5.97 Å². The smallest absolute Gasteiger partial charge is 0.303 e. The second kappa shape index (κ2) is 10.0. The van der Waals surface area contributed by atoms with Crippen LogP contribution in [0.5, 0.6) is 5.75 Å². The molecule has 0 aromatic heterocycles. The summed E-state index contributed by atoms with van der Waals surface area (Å²) in [6.45, 7) is 2.54. The lowest BCUT2D eigenvalue weighted by atomic mass is 9.93. The highest BCUT2D eigenvalue weighted by Gasteiger charge is 2.25. The summed E-state index contributed by atoms with van der Waals surface area (Å²) in [5, 5.41) is 8.83. The summed E-state index contributed by atoms with van der Waals surface area (Å²) in [4.78, 5) is 25.3. The van der Waals surface area contributed by atoms with Crippen molar-refractivity contribution in [2.45, 2.75) is 32.1 Å². The Bertz CT molecular complexity index is 575. The fourth-order valence-corrected chi connectivity index (χ4v) is 3.11. The first-order chi connectivity index (χ1) is 12.1. The highest BCUT2D eigenvalue weighted by molar-refractivity contribution is 5.94. The van der Waals surface area contributed by atoms with Crippen molar-refractivity contribution >= 4 is 11.9 Å². The number of ether oxygens (including phenoxy) is 2. The molecule has 1 aromatic carbocycles. The lowest BCUT2D eigenvalue weighted by molar-refractivity contribution is -0.137. The molecule has 0 bridgehead atoms. The quantitative estimate of drug-likeness (QED) is 0.694. The van der Waals surface area contributed by atoms with E-state index in [-0.39, 0.29) is 18.2 Å². The van der Waals surface area contributed by atoms with E-state index in [9.17, 15) is 9.59 Å². The average Bonchev–Trinajstić information content (AvgIpc) is 2.63. The van der Waals surface area contributed by atoms with Crippen LogP contribution in [0.25, 0.3) is 0 Å². The summed E-state index contributed by atoms with van der Waals surface area (Å²) in [5.41, 5.74) is 0.614. The monoisotopic (exact) mass is 349 g/mol. The number of hydrogen-bond acceptors (Lipinski definition) is 4. The molecule has 1 aliphatic heterocycles. The largest absolute Gasteiger partial charge is 0.493 e. The Morgan fingerprint density at radius 2 is 2.16 bits per heavy atom. The molecule has 1 aromatic rings. The van der Waals surface area contributed by atoms with Crippen LogP contribution >= 0.6 is 0 Å². The number of hydrogen-bond donors (Lipinski definition) is 1. The average molecular weight is 349 g/mol. The number of carbonyl (C=O) groups excluding carboxylic acids is 1. The third-order valence-electron chi connectivity index (χ3n) is 4.42. The normalized spacial score (nSPS) is 17.3. The summed E-state index contributed by atoms with van der Waals surface area (Å²) in [5.74, 6) is 0.160.